The van der Waals surface area contributed by atoms with Gasteiger partial charge in [0.25, 0.3) is 15.9 Å². The van der Waals surface area contributed by atoms with E-state index in [0.29, 0.717) is 40.8 Å². The minimum absolute atomic E-state index is 0.197. The summed E-state index contributed by atoms with van der Waals surface area (Å²) in [5.41, 5.74) is 1.54. The number of hydrogen-bond donors (Lipinski definition) is 1. The quantitative estimate of drug-likeness (QED) is 0.598. The molecule has 0 unspecified atom stereocenters. The second-order valence-electron chi connectivity index (χ2n) is 7.47. The summed E-state index contributed by atoms with van der Waals surface area (Å²) >= 11 is 0. The van der Waals surface area contributed by atoms with Gasteiger partial charge in [0.1, 0.15) is 0 Å². The molecule has 8 heteroatoms. The molecular weight excluding hydrogens is 404 g/mol. The van der Waals surface area contributed by atoms with Crippen molar-refractivity contribution in [3.63, 3.8) is 0 Å². The van der Waals surface area contributed by atoms with Gasteiger partial charge in [-0.05, 0) is 37.8 Å². The number of ether oxygens (including phenoxy) is 2. The number of carbonyl (C=O) groups is 1. The summed E-state index contributed by atoms with van der Waals surface area (Å²) < 4.78 is 38.6. The van der Waals surface area contributed by atoms with Gasteiger partial charge in [0.2, 0.25) is 0 Å². The van der Waals surface area contributed by atoms with Gasteiger partial charge in [-0.2, -0.15) is 0 Å². The molecular formula is C22H34N2O5S. The summed E-state index contributed by atoms with van der Waals surface area (Å²) in [6.07, 6.45) is 4.13. The Balaban J connectivity index is 2.49. The largest absolute Gasteiger partial charge is 0.493 e. The van der Waals surface area contributed by atoms with Crippen molar-refractivity contribution >= 4 is 27.2 Å². The first-order valence-corrected chi connectivity index (χ1v) is 12.0. The molecule has 0 radical (unpaired) electrons. The van der Waals surface area contributed by atoms with Crippen molar-refractivity contribution in [3.05, 3.63) is 22.6 Å². The Morgan fingerprint density at radius 3 is 2.30 bits per heavy atom. The van der Waals surface area contributed by atoms with Crippen LogP contribution in [0.2, 0.25) is 0 Å². The number of allylic oxidation sites excluding steroid dienone is 1. The molecule has 0 bridgehead atoms. The Labute approximate surface area is 180 Å². The number of benzene rings is 1. The molecule has 1 amide bonds. The topological polar surface area (TPSA) is 84.9 Å². The SMILES string of the molecule is CCCC[C@H](CC)CNC(=O)C1=C(C)c2cc(OC)c(OC)cc2N(CC)S1(=O)=O. The van der Waals surface area contributed by atoms with E-state index >= 15 is 0 Å². The number of carbonyl (C=O) groups excluding carboxylic acids is 1. The van der Waals surface area contributed by atoms with E-state index in [4.69, 9.17) is 9.47 Å². The van der Waals surface area contributed by atoms with Crippen molar-refractivity contribution in [1.29, 1.82) is 0 Å². The first kappa shape index (κ1) is 24.1. The molecule has 1 aromatic carbocycles. The predicted octanol–water partition coefficient (Wildman–Crippen LogP) is 3.94. The number of methoxy groups -OCH3 is 2. The molecule has 0 aliphatic carbocycles. The van der Waals surface area contributed by atoms with Gasteiger partial charge in [-0.1, -0.05) is 33.1 Å². The van der Waals surface area contributed by atoms with E-state index in [0.717, 1.165) is 25.7 Å². The monoisotopic (exact) mass is 438 g/mol. The molecule has 1 heterocycles. The first-order valence-electron chi connectivity index (χ1n) is 10.5. The van der Waals surface area contributed by atoms with Crippen LogP contribution in [0.5, 0.6) is 11.5 Å². The molecule has 2 rings (SSSR count). The van der Waals surface area contributed by atoms with Crippen LogP contribution in [0.4, 0.5) is 5.69 Å². The number of sulfonamides is 1. The average Bonchev–Trinajstić information content (AvgIpc) is 2.72. The van der Waals surface area contributed by atoms with Crippen LogP contribution in [0.3, 0.4) is 0 Å². The number of nitrogens with one attached hydrogen (secondary N) is 1. The normalized spacial score (nSPS) is 16.1. The lowest BCUT2D eigenvalue weighted by molar-refractivity contribution is -0.117. The fourth-order valence-electron chi connectivity index (χ4n) is 3.82. The summed E-state index contributed by atoms with van der Waals surface area (Å²) in [7, 11) is -0.963. The van der Waals surface area contributed by atoms with E-state index in [1.807, 2.05) is 0 Å². The standard InChI is InChI=1S/C22H34N2O5S/c1-7-10-11-16(8-2)14-23-22(25)21-15(4)17-12-19(28-5)20(29-6)13-18(17)24(9-3)30(21,26)27/h12-13,16H,7-11,14H2,1-6H3,(H,23,25)/t16-/m0/s1. The first-order chi connectivity index (χ1) is 14.3. The van der Waals surface area contributed by atoms with Crippen LogP contribution in [0.25, 0.3) is 5.57 Å². The molecule has 7 nitrogen and oxygen atoms in total. The molecule has 1 atom stereocenters. The Hall–Kier alpha value is -2.22. The molecule has 1 aromatic rings. The van der Waals surface area contributed by atoms with Crippen molar-refractivity contribution in [2.45, 2.75) is 53.4 Å². The Kier molecular flexibility index (Phi) is 8.18. The summed E-state index contributed by atoms with van der Waals surface area (Å²) in [4.78, 5) is 12.8. The predicted molar refractivity (Wildman–Crippen MR) is 120 cm³/mol. The van der Waals surface area contributed by atoms with Crippen molar-refractivity contribution in [3.8, 4) is 11.5 Å². The number of unbranched alkanes of at least 4 members (excludes halogenated alkanes) is 1. The van der Waals surface area contributed by atoms with E-state index in [-0.39, 0.29) is 11.4 Å². The molecule has 0 aromatic heterocycles. The molecule has 1 aliphatic heterocycles. The smallest absolute Gasteiger partial charge is 0.270 e. The van der Waals surface area contributed by atoms with E-state index in [1.165, 1.54) is 18.5 Å². The molecule has 30 heavy (non-hydrogen) atoms. The zero-order chi connectivity index (χ0) is 22.5. The van der Waals surface area contributed by atoms with Crippen molar-refractivity contribution < 1.29 is 22.7 Å². The lowest BCUT2D eigenvalue weighted by Gasteiger charge is -2.32. The average molecular weight is 439 g/mol. The number of hydrogen-bond acceptors (Lipinski definition) is 5. The fourth-order valence-corrected chi connectivity index (χ4v) is 5.59. The Morgan fingerprint density at radius 1 is 1.13 bits per heavy atom. The highest BCUT2D eigenvalue weighted by molar-refractivity contribution is 7.97. The third-order valence-corrected chi connectivity index (χ3v) is 7.69. The van der Waals surface area contributed by atoms with Crippen LogP contribution in [0, 0.1) is 5.92 Å². The van der Waals surface area contributed by atoms with Crippen LogP contribution in [0.1, 0.15) is 58.9 Å². The lowest BCUT2D eigenvalue weighted by atomic mass is 9.99. The number of anilines is 1. The van der Waals surface area contributed by atoms with Crippen LogP contribution in [0.15, 0.2) is 17.0 Å². The van der Waals surface area contributed by atoms with E-state index in [1.54, 1.807) is 26.0 Å². The molecule has 0 fully saturated rings. The van der Waals surface area contributed by atoms with Gasteiger partial charge in [-0.25, -0.2) is 8.42 Å². The highest BCUT2D eigenvalue weighted by Crippen LogP contribution is 2.44. The van der Waals surface area contributed by atoms with E-state index in [2.05, 4.69) is 19.2 Å². The summed E-state index contributed by atoms with van der Waals surface area (Å²) in [6.45, 7) is 8.29. The minimum Gasteiger partial charge on any atom is -0.493 e. The zero-order valence-electron chi connectivity index (χ0n) is 18.9. The van der Waals surface area contributed by atoms with Crippen LogP contribution in [-0.2, 0) is 14.8 Å². The maximum absolute atomic E-state index is 13.3. The third-order valence-electron chi connectivity index (χ3n) is 5.65. The third kappa shape index (κ3) is 4.58. The van der Waals surface area contributed by atoms with Crippen molar-refractivity contribution in [2.24, 2.45) is 5.92 Å². The maximum Gasteiger partial charge on any atom is 0.270 e. The van der Waals surface area contributed by atoms with Gasteiger partial charge in [-0.15, -0.1) is 0 Å². The molecule has 0 saturated heterocycles. The highest BCUT2D eigenvalue weighted by atomic mass is 32.2. The molecule has 168 valence electrons. The number of amides is 1. The van der Waals surface area contributed by atoms with Crippen LogP contribution >= 0.6 is 0 Å². The lowest BCUT2D eigenvalue weighted by Crippen LogP contribution is -2.42. The van der Waals surface area contributed by atoms with Crippen molar-refractivity contribution in [2.75, 3.05) is 31.6 Å². The van der Waals surface area contributed by atoms with Crippen LogP contribution < -0.4 is 19.1 Å². The van der Waals surface area contributed by atoms with Gasteiger partial charge >= 0.3 is 0 Å². The van der Waals surface area contributed by atoms with Gasteiger partial charge in [0, 0.05) is 24.7 Å². The second kappa shape index (κ2) is 10.2. The number of nitrogens with zero attached hydrogens (tertiary/aromatic N) is 1. The number of rotatable bonds is 10. The minimum atomic E-state index is -3.99. The highest BCUT2D eigenvalue weighted by Gasteiger charge is 2.39. The molecule has 0 saturated carbocycles. The summed E-state index contributed by atoms with van der Waals surface area (Å²) in [5, 5.41) is 2.87. The van der Waals surface area contributed by atoms with E-state index < -0.39 is 15.9 Å². The molecule has 1 N–H and O–H groups in total. The zero-order valence-corrected chi connectivity index (χ0v) is 19.7. The Morgan fingerprint density at radius 2 is 1.77 bits per heavy atom. The van der Waals surface area contributed by atoms with Crippen LogP contribution in [-0.4, -0.2) is 41.6 Å². The second-order valence-corrected chi connectivity index (χ2v) is 9.27. The van der Waals surface area contributed by atoms with Gasteiger partial charge in [0.05, 0.1) is 19.9 Å². The van der Waals surface area contributed by atoms with Gasteiger partial charge in [0.15, 0.2) is 16.4 Å². The van der Waals surface area contributed by atoms with Gasteiger partial charge in [-0.3, -0.25) is 9.10 Å². The fraction of sp³-hybridized carbons (Fsp3) is 0.591. The van der Waals surface area contributed by atoms with Crippen molar-refractivity contribution in [1.82, 2.24) is 5.32 Å². The Bertz CT molecular complexity index is 908. The maximum atomic E-state index is 13.3. The summed E-state index contributed by atoms with van der Waals surface area (Å²) in [5.74, 6) is 0.699. The number of fused-ring (bicyclic) bond motifs is 1. The van der Waals surface area contributed by atoms with Gasteiger partial charge < -0.3 is 14.8 Å². The summed E-state index contributed by atoms with van der Waals surface area (Å²) in [6, 6.07) is 3.37. The molecule has 0 spiro atoms. The molecule has 1 aliphatic rings. The van der Waals surface area contributed by atoms with E-state index in [9.17, 15) is 13.2 Å².